The van der Waals surface area contributed by atoms with E-state index in [0.717, 1.165) is 57.3 Å². The molecule has 4 rings (SSSR count). The summed E-state index contributed by atoms with van der Waals surface area (Å²) in [4.78, 5) is 15.2. The van der Waals surface area contributed by atoms with Crippen molar-refractivity contribution in [2.75, 3.05) is 13.1 Å². The summed E-state index contributed by atoms with van der Waals surface area (Å²) in [5, 5.41) is 14.0. The molecule has 0 unspecified atom stereocenters. The second-order valence-corrected chi connectivity index (χ2v) is 11.2. The van der Waals surface area contributed by atoms with Gasteiger partial charge in [-0.15, -0.1) is 0 Å². The first-order valence-corrected chi connectivity index (χ1v) is 13.0. The molecule has 2 aromatic rings. The number of nitriles is 1. The minimum absolute atomic E-state index is 0.0629. The Hall–Kier alpha value is -2.84. The number of carbonyl (C=O) groups excluding carboxylic acids is 1. The van der Waals surface area contributed by atoms with E-state index in [1.807, 2.05) is 39.0 Å². The molecule has 1 N–H and O–H groups in total. The van der Waals surface area contributed by atoms with Crippen LogP contribution in [0.1, 0.15) is 64.0 Å². The van der Waals surface area contributed by atoms with Gasteiger partial charge in [0, 0.05) is 18.5 Å². The van der Waals surface area contributed by atoms with Gasteiger partial charge in [0.1, 0.15) is 5.60 Å². The van der Waals surface area contributed by atoms with Gasteiger partial charge >= 0.3 is 6.09 Å². The number of nitrogens with zero attached hydrogens (tertiary/aromatic N) is 2. The molecular weight excluding hydrogens is 434 g/mol. The van der Waals surface area contributed by atoms with Gasteiger partial charge in [-0.3, -0.25) is 4.90 Å². The predicted molar refractivity (Wildman–Crippen MR) is 139 cm³/mol. The maximum absolute atomic E-state index is 12.7. The molecule has 5 heteroatoms. The van der Waals surface area contributed by atoms with E-state index in [2.05, 4.69) is 58.8 Å². The highest BCUT2D eigenvalue weighted by atomic mass is 16.6. The molecule has 5 nitrogen and oxygen atoms in total. The van der Waals surface area contributed by atoms with Crippen LogP contribution in [-0.2, 0) is 16.7 Å². The van der Waals surface area contributed by atoms with Crippen LogP contribution >= 0.6 is 0 Å². The summed E-state index contributed by atoms with van der Waals surface area (Å²) >= 11 is 0. The zero-order valence-electron chi connectivity index (χ0n) is 21.4. The van der Waals surface area contributed by atoms with Crippen LogP contribution in [0.4, 0.5) is 4.79 Å². The highest BCUT2D eigenvalue weighted by molar-refractivity contribution is 5.68. The normalized spacial score (nSPS) is 23.3. The van der Waals surface area contributed by atoms with E-state index < -0.39 is 11.0 Å². The number of alkyl carbamates (subject to hydrolysis) is 1. The number of nitrogens with one attached hydrogen (secondary N) is 1. The molecule has 0 radical (unpaired) electrons. The van der Waals surface area contributed by atoms with Gasteiger partial charge in [-0.1, -0.05) is 67.1 Å². The Labute approximate surface area is 210 Å². The third kappa shape index (κ3) is 5.87. The minimum atomic E-state index is -0.629. The van der Waals surface area contributed by atoms with Crippen molar-refractivity contribution in [3.05, 3.63) is 71.8 Å². The molecule has 1 aliphatic heterocycles. The quantitative estimate of drug-likeness (QED) is 0.554. The molecule has 1 saturated heterocycles. The summed E-state index contributed by atoms with van der Waals surface area (Å²) < 4.78 is 5.58. The number of hydrogen-bond acceptors (Lipinski definition) is 4. The maximum atomic E-state index is 12.7. The average Bonchev–Trinajstić information content (AvgIpc) is 3.29. The van der Waals surface area contributed by atoms with E-state index in [-0.39, 0.29) is 24.0 Å². The van der Waals surface area contributed by atoms with Crippen LogP contribution in [0.15, 0.2) is 60.7 Å². The van der Waals surface area contributed by atoms with Crippen molar-refractivity contribution in [3.63, 3.8) is 0 Å². The number of piperidine rings is 1. The zero-order valence-corrected chi connectivity index (χ0v) is 21.4. The first-order valence-electron chi connectivity index (χ1n) is 13.0. The fourth-order valence-electron chi connectivity index (χ4n) is 6.23. The highest BCUT2D eigenvalue weighted by Gasteiger charge is 2.52. The summed E-state index contributed by atoms with van der Waals surface area (Å²) in [5.41, 5.74) is 1.25. The van der Waals surface area contributed by atoms with E-state index in [1.54, 1.807) is 0 Å². The Kier molecular flexibility index (Phi) is 7.82. The number of likely N-dealkylation sites (tertiary alicyclic amines) is 1. The molecule has 0 bridgehead atoms. The first kappa shape index (κ1) is 25.3. The lowest BCUT2D eigenvalue weighted by Gasteiger charge is -2.46. The van der Waals surface area contributed by atoms with Crippen molar-refractivity contribution in [1.29, 1.82) is 5.26 Å². The van der Waals surface area contributed by atoms with Gasteiger partial charge in [0.2, 0.25) is 0 Å². The van der Waals surface area contributed by atoms with Crippen LogP contribution < -0.4 is 5.32 Å². The number of hydrogen-bond donors (Lipinski definition) is 1. The molecule has 186 valence electrons. The Morgan fingerprint density at radius 1 is 1.00 bits per heavy atom. The van der Waals surface area contributed by atoms with Gasteiger partial charge < -0.3 is 10.1 Å². The molecule has 1 saturated carbocycles. The van der Waals surface area contributed by atoms with Crippen molar-refractivity contribution in [1.82, 2.24) is 10.2 Å². The number of benzene rings is 2. The van der Waals surface area contributed by atoms with Crippen LogP contribution in [0.25, 0.3) is 0 Å². The summed E-state index contributed by atoms with van der Waals surface area (Å²) in [6, 6.07) is 23.7. The highest BCUT2D eigenvalue weighted by Crippen LogP contribution is 2.50. The van der Waals surface area contributed by atoms with Crippen molar-refractivity contribution in [2.45, 2.75) is 76.5 Å². The average molecular weight is 474 g/mol. The number of ether oxygens (including phenoxy) is 1. The molecule has 1 aliphatic carbocycles. The second-order valence-electron chi connectivity index (χ2n) is 11.2. The fourth-order valence-corrected chi connectivity index (χ4v) is 6.23. The SMILES string of the molecule is CC(C)(C)OC(=O)N[C@H]1CCC[C@H]1[C@](C#N)(c1ccccc1)C1CCN(Cc2ccccc2)CC1. The Morgan fingerprint density at radius 3 is 2.23 bits per heavy atom. The summed E-state index contributed by atoms with van der Waals surface area (Å²) in [7, 11) is 0. The van der Waals surface area contributed by atoms with Crippen LogP contribution in [0, 0.1) is 23.2 Å². The molecule has 0 aromatic heterocycles. The summed E-state index contributed by atoms with van der Waals surface area (Å²) in [6.45, 7) is 8.55. The Morgan fingerprint density at radius 2 is 1.63 bits per heavy atom. The fraction of sp³-hybridized carbons (Fsp3) is 0.533. The monoisotopic (exact) mass is 473 g/mol. The lowest BCUT2D eigenvalue weighted by molar-refractivity contribution is 0.0459. The molecule has 2 aromatic carbocycles. The predicted octanol–water partition coefficient (Wildman–Crippen LogP) is 6.05. The minimum Gasteiger partial charge on any atom is -0.444 e. The van der Waals surface area contributed by atoms with Gasteiger partial charge in [-0.05, 0) is 76.6 Å². The standard InChI is InChI=1S/C30H39N3O2/c1-29(2,3)35-28(34)32-27-16-10-15-26(27)30(22-31,24-13-8-5-9-14-24)25-17-19-33(20-18-25)21-23-11-6-4-7-12-23/h4-9,11-14,25-27H,10,15-21H2,1-3H3,(H,32,34)/t26-,27+,30-/m1/s1. The molecule has 1 heterocycles. The van der Waals surface area contributed by atoms with Gasteiger partial charge in [0.25, 0.3) is 0 Å². The van der Waals surface area contributed by atoms with Gasteiger partial charge in [0.15, 0.2) is 0 Å². The van der Waals surface area contributed by atoms with Crippen LogP contribution in [0.5, 0.6) is 0 Å². The molecule has 35 heavy (non-hydrogen) atoms. The lowest BCUT2D eigenvalue weighted by atomic mass is 9.59. The van der Waals surface area contributed by atoms with Crippen LogP contribution in [0.3, 0.4) is 0 Å². The first-order chi connectivity index (χ1) is 16.8. The third-order valence-corrected chi connectivity index (χ3v) is 7.72. The molecule has 0 spiro atoms. The molecule has 1 amide bonds. The van der Waals surface area contributed by atoms with Gasteiger partial charge in [0.05, 0.1) is 11.5 Å². The Bertz CT molecular complexity index is 1000. The molecular formula is C30H39N3O2. The molecule has 2 aliphatic rings. The maximum Gasteiger partial charge on any atom is 0.407 e. The zero-order chi connectivity index (χ0) is 24.9. The summed E-state index contributed by atoms with van der Waals surface area (Å²) in [6.07, 6.45) is 4.40. The van der Waals surface area contributed by atoms with Crippen molar-refractivity contribution in [3.8, 4) is 6.07 Å². The molecule has 3 atom stereocenters. The summed E-state index contributed by atoms with van der Waals surface area (Å²) in [5.74, 6) is 0.307. The van der Waals surface area contributed by atoms with Gasteiger partial charge in [-0.2, -0.15) is 5.26 Å². The topological polar surface area (TPSA) is 65.4 Å². The number of carbonyl (C=O) groups is 1. The van der Waals surface area contributed by atoms with E-state index in [0.29, 0.717) is 0 Å². The molecule has 2 fully saturated rings. The van der Waals surface area contributed by atoms with Crippen LogP contribution in [-0.4, -0.2) is 35.7 Å². The van der Waals surface area contributed by atoms with Crippen molar-refractivity contribution < 1.29 is 9.53 Å². The van der Waals surface area contributed by atoms with E-state index >= 15 is 0 Å². The van der Waals surface area contributed by atoms with E-state index in [9.17, 15) is 10.1 Å². The second kappa shape index (κ2) is 10.8. The smallest absolute Gasteiger partial charge is 0.407 e. The van der Waals surface area contributed by atoms with Crippen molar-refractivity contribution >= 4 is 6.09 Å². The van der Waals surface area contributed by atoms with E-state index in [1.165, 1.54) is 5.56 Å². The third-order valence-electron chi connectivity index (χ3n) is 7.72. The van der Waals surface area contributed by atoms with E-state index in [4.69, 9.17) is 4.74 Å². The lowest BCUT2D eigenvalue weighted by Crippen LogP contribution is -2.52. The number of amides is 1. The Balaban J connectivity index is 1.56. The largest absolute Gasteiger partial charge is 0.444 e. The van der Waals surface area contributed by atoms with Crippen LogP contribution in [0.2, 0.25) is 0 Å². The van der Waals surface area contributed by atoms with Crippen molar-refractivity contribution in [2.24, 2.45) is 11.8 Å². The number of rotatable bonds is 6. The van der Waals surface area contributed by atoms with Gasteiger partial charge in [-0.25, -0.2) is 4.79 Å².